The molecule has 0 aromatic heterocycles. The van der Waals surface area contributed by atoms with Crippen molar-refractivity contribution in [2.75, 3.05) is 0 Å². The van der Waals surface area contributed by atoms with Crippen molar-refractivity contribution >= 4 is 0 Å². The molecule has 0 spiro atoms. The second kappa shape index (κ2) is 9.65. The van der Waals surface area contributed by atoms with Crippen LogP contribution in [0.3, 0.4) is 0 Å². The molecule has 17 heavy (non-hydrogen) atoms. The predicted molar refractivity (Wildman–Crippen MR) is 79.3 cm³/mol. The van der Waals surface area contributed by atoms with E-state index < -0.39 is 0 Å². The molecule has 1 rings (SSSR count). The molecule has 92 valence electrons. The van der Waals surface area contributed by atoms with E-state index in [2.05, 4.69) is 50.8 Å². The summed E-state index contributed by atoms with van der Waals surface area (Å²) >= 11 is 0. The Labute approximate surface area is 106 Å². The van der Waals surface area contributed by atoms with Gasteiger partial charge in [0.05, 0.1) is 0 Å². The molecule has 0 N–H and O–H groups in total. The zero-order valence-electron chi connectivity index (χ0n) is 11.5. The smallest absolute Gasteiger partial charge is 0.00668 e. The van der Waals surface area contributed by atoms with Gasteiger partial charge in [-0.1, -0.05) is 80.1 Å². The molecule has 0 atom stereocenters. The Morgan fingerprint density at radius 3 is 2.24 bits per heavy atom. The molecule has 0 bridgehead atoms. The molecule has 0 nitrogen and oxygen atoms in total. The molecular formula is C17H24. The number of benzene rings is 1. The van der Waals surface area contributed by atoms with Crippen molar-refractivity contribution in [3.8, 4) is 0 Å². The summed E-state index contributed by atoms with van der Waals surface area (Å²) < 4.78 is 0. The van der Waals surface area contributed by atoms with Gasteiger partial charge in [-0.3, -0.25) is 0 Å². The van der Waals surface area contributed by atoms with Crippen molar-refractivity contribution in [3.05, 3.63) is 71.8 Å². The minimum atomic E-state index is 1.02. The number of hydrogen-bond donors (Lipinski definition) is 0. The van der Waals surface area contributed by atoms with Gasteiger partial charge < -0.3 is 0 Å². The van der Waals surface area contributed by atoms with Gasteiger partial charge in [0.25, 0.3) is 0 Å². The van der Waals surface area contributed by atoms with Crippen LogP contribution in [0.2, 0.25) is 0 Å². The van der Waals surface area contributed by atoms with Crippen LogP contribution < -0.4 is 0 Å². The zero-order chi connectivity index (χ0) is 13.1. The molecule has 0 saturated heterocycles. The van der Waals surface area contributed by atoms with Crippen LogP contribution in [0.1, 0.15) is 31.9 Å². The normalized spacial score (nSPS) is 10.9. The third-order valence-electron chi connectivity index (χ3n) is 2.23. The first-order valence-electron chi connectivity index (χ1n) is 6.23. The average molecular weight is 228 g/mol. The molecule has 0 heterocycles. The molecule has 0 aliphatic carbocycles. The van der Waals surface area contributed by atoms with E-state index in [1.807, 2.05) is 26.0 Å². The van der Waals surface area contributed by atoms with E-state index in [-0.39, 0.29) is 0 Å². The lowest BCUT2D eigenvalue weighted by Crippen LogP contribution is -1.86. The molecule has 0 saturated carbocycles. The van der Waals surface area contributed by atoms with Crippen LogP contribution in [0.5, 0.6) is 0 Å². The number of rotatable bonds is 4. The Morgan fingerprint density at radius 1 is 1.12 bits per heavy atom. The van der Waals surface area contributed by atoms with Crippen LogP contribution in [-0.2, 0) is 6.42 Å². The standard InChI is InChI=1S/C15H18.C2H6/c1-4-5-6-7-14(3)12-15-10-8-13(2)9-11-15;1-2/h4-11H,1,12H2,2-3H3;1-2H3/b6-5-,14-7-;. The maximum Gasteiger partial charge on any atom is -0.00668 e. The largest absolute Gasteiger partial charge is 0.0991 e. The summed E-state index contributed by atoms with van der Waals surface area (Å²) in [6, 6.07) is 8.68. The van der Waals surface area contributed by atoms with Crippen molar-refractivity contribution in [2.24, 2.45) is 0 Å². The Kier molecular flexibility index (Phi) is 8.77. The first-order chi connectivity index (χ1) is 8.22. The van der Waals surface area contributed by atoms with E-state index in [0.717, 1.165) is 6.42 Å². The van der Waals surface area contributed by atoms with E-state index in [4.69, 9.17) is 0 Å². The monoisotopic (exact) mass is 228 g/mol. The van der Waals surface area contributed by atoms with E-state index in [1.54, 1.807) is 6.08 Å². The molecule has 0 radical (unpaired) electrons. The molecule has 0 unspecified atom stereocenters. The first-order valence-corrected chi connectivity index (χ1v) is 6.23. The van der Waals surface area contributed by atoms with Gasteiger partial charge >= 0.3 is 0 Å². The third kappa shape index (κ3) is 7.35. The minimum absolute atomic E-state index is 1.02. The summed E-state index contributed by atoms with van der Waals surface area (Å²) in [7, 11) is 0. The van der Waals surface area contributed by atoms with Crippen molar-refractivity contribution in [2.45, 2.75) is 34.1 Å². The van der Waals surface area contributed by atoms with Crippen LogP contribution in [-0.4, -0.2) is 0 Å². The highest BCUT2D eigenvalue weighted by atomic mass is 14.0. The highest BCUT2D eigenvalue weighted by Crippen LogP contribution is 2.09. The molecule has 0 aliphatic rings. The Morgan fingerprint density at radius 2 is 1.71 bits per heavy atom. The topological polar surface area (TPSA) is 0 Å². The molecule has 0 aliphatic heterocycles. The lowest BCUT2D eigenvalue weighted by atomic mass is 10.0. The van der Waals surface area contributed by atoms with E-state index in [9.17, 15) is 0 Å². The van der Waals surface area contributed by atoms with Gasteiger partial charge in [-0.15, -0.1) is 0 Å². The molecule has 0 fully saturated rings. The van der Waals surface area contributed by atoms with Crippen LogP contribution in [0.25, 0.3) is 0 Å². The van der Waals surface area contributed by atoms with Crippen LogP contribution in [0.15, 0.2) is 60.7 Å². The SMILES string of the molecule is C=C/C=C\C=C(\C)Cc1ccc(C)cc1.CC. The van der Waals surface area contributed by atoms with Gasteiger partial charge in [0.1, 0.15) is 0 Å². The van der Waals surface area contributed by atoms with E-state index in [0.29, 0.717) is 0 Å². The third-order valence-corrected chi connectivity index (χ3v) is 2.23. The zero-order valence-corrected chi connectivity index (χ0v) is 11.5. The van der Waals surface area contributed by atoms with Gasteiger partial charge in [-0.05, 0) is 25.8 Å². The van der Waals surface area contributed by atoms with Crippen molar-refractivity contribution in [1.82, 2.24) is 0 Å². The Hall–Kier alpha value is -1.56. The maximum atomic E-state index is 3.64. The summed E-state index contributed by atoms with van der Waals surface area (Å²) in [5.41, 5.74) is 4.03. The summed E-state index contributed by atoms with van der Waals surface area (Å²) in [5, 5.41) is 0. The summed E-state index contributed by atoms with van der Waals surface area (Å²) in [6.07, 6.45) is 8.90. The quantitative estimate of drug-likeness (QED) is 0.617. The van der Waals surface area contributed by atoms with Crippen LogP contribution in [0, 0.1) is 6.92 Å². The summed E-state index contributed by atoms with van der Waals surface area (Å²) in [5.74, 6) is 0. The maximum absolute atomic E-state index is 3.64. The van der Waals surface area contributed by atoms with Crippen LogP contribution in [0.4, 0.5) is 0 Å². The summed E-state index contributed by atoms with van der Waals surface area (Å²) in [4.78, 5) is 0. The molecule has 1 aromatic carbocycles. The first kappa shape index (κ1) is 15.4. The summed E-state index contributed by atoms with van der Waals surface area (Å²) in [6.45, 7) is 11.9. The lowest BCUT2D eigenvalue weighted by Gasteiger charge is -2.01. The van der Waals surface area contributed by atoms with Gasteiger partial charge in [-0.25, -0.2) is 0 Å². The van der Waals surface area contributed by atoms with Gasteiger partial charge in [0.2, 0.25) is 0 Å². The van der Waals surface area contributed by atoms with Crippen molar-refractivity contribution in [1.29, 1.82) is 0 Å². The minimum Gasteiger partial charge on any atom is -0.0991 e. The van der Waals surface area contributed by atoms with E-state index in [1.165, 1.54) is 16.7 Å². The van der Waals surface area contributed by atoms with Crippen molar-refractivity contribution < 1.29 is 0 Å². The average Bonchev–Trinajstić information content (AvgIpc) is 2.35. The Bertz CT molecular complexity index is 364. The van der Waals surface area contributed by atoms with Gasteiger partial charge in [0, 0.05) is 0 Å². The van der Waals surface area contributed by atoms with Gasteiger partial charge in [-0.2, -0.15) is 0 Å². The number of hydrogen-bond acceptors (Lipinski definition) is 0. The lowest BCUT2D eigenvalue weighted by molar-refractivity contribution is 1.14. The van der Waals surface area contributed by atoms with E-state index >= 15 is 0 Å². The number of allylic oxidation sites excluding steroid dienone is 5. The van der Waals surface area contributed by atoms with Crippen LogP contribution >= 0.6 is 0 Å². The Balaban J connectivity index is 0.00000121. The fourth-order valence-corrected chi connectivity index (χ4v) is 1.39. The molecule has 1 aromatic rings. The fourth-order valence-electron chi connectivity index (χ4n) is 1.39. The van der Waals surface area contributed by atoms with Gasteiger partial charge in [0.15, 0.2) is 0 Å². The molecule has 0 amide bonds. The molecule has 0 heteroatoms. The van der Waals surface area contributed by atoms with Crippen molar-refractivity contribution in [3.63, 3.8) is 0 Å². The molecular weight excluding hydrogens is 204 g/mol. The highest BCUT2D eigenvalue weighted by molar-refractivity contribution is 5.26. The fraction of sp³-hybridized carbons (Fsp3) is 0.294. The second-order valence-electron chi connectivity index (χ2n) is 3.80. The predicted octanol–water partition coefficient (Wildman–Crippen LogP) is 5.25. The number of aryl methyl sites for hydroxylation is 1. The highest BCUT2D eigenvalue weighted by Gasteiger charge is 1.93. The second-order valence-corrected chi connectivity index (χ2v) is 3.80.